The Kier molecular flexibility index (Phi) is 11.6. The number of nitrogens with one attached hydrogen (secondary N) is 5. The van der Waals surface area contributed by atoms with Crippen molar-refractivity contribution in [3.05, 3.63) is 36.4 Å². The third-order valence-corrected chi connectivity index (χ3v) is 5.85. The third-order valence-electron chi connectivity index (χ3n) is 5.21. The van der Waals surface area contributed by atoms with Gasteiger partial charge in [0.05, 0.1) is 25.1 Å². The highest BCUT2D eigenvalue weighted by molar-refractivity contribution is 7.98. The van der Waals surface area contributed by atoms with Crippen molar-refractivity contribution in [1.82, 2.24) is 35.9 Å². The number of imidazole rings is 2. The van der Waals surface area contributed by atoms with Gasteiger partial charge in [-0.05, 0) is 18.4 Å². The number of aliphatic carboxylic acids is 1. The summed E-state index contributed by atoms with van der Waals surface area (Å²) in [6.07, 6.45) is 7.21. The van der Waals surface area contributed by atoms with E-state index in [0.29, 0.717) is 17.1 Å². The lowest BCUT2D eigenvalue weighted by molar-refractivity contribution is -0.142. The molecule has 0 aliphatic heterocycles. The number of aromatic nitrogens is 4. The highest BCUT2D eigenvalue weighted by Crippen LogP contribution is 2.06. The number of amides is 4. The van der Waals surface area contributed by atoms with Crippen molar-refractivity contribution in [1.29, 1.82) is 0 Å². The summed E-state index contributed by atoms with van der Waals surface area (Å²) in [5, 5.41) is 16.8. The van der Waals surface area contributed by atoms with E-state index in [9.17, 15) is 29.1 Å². The molecule has 2 heterocycles. The van der Waals surface area contributed by atoms with E-state index in [2.05, 4.69) is 35.9 Å². The minimum Gasteiger partial charge on any atom is -0.480 e. The summed E-state index contributed by atoms with van der Waals surface area (Å²) < 4.78 is 0. The topological polar surface area (TPSA) is 251 Å². The van der Waals surface area contributed by atoms with Crippen LogP contribution in [0.2, 0.25) is 0 Å². The van der Waals surface area contributed by atoms with Crippen LogP contribution in [-0.4, -0.2) is 90.8 Å². The Morgan fingerprint density at radius 3 is 1.97 bits per heavy atom. The summed E-state index contributed by atoms with van der Waals surface area (Å²) >= 11 is 1.43. The number of H-pyrrole nitrogens is 2. The lowest BCUT2D eigenvalue weighted by Crippen LogP contribution is -2.58. The average molecular weight is 538 g/mol. The molecule has 0 radical (unpaired) electrons. The van der Waals surface area contributed by atoms with Gasteiger partial charge in [-0.25, -0.2) is 14.8 Å². The number of nitrogens with zero attached hydrogens (tertiary/aromatic N) is 2. The predicted octanol–water partition coefficient (Wildman–Crippen LogP) is -2.59. The van der Waals surface area contributed by atoms with Gasteiger partial charge in [-0.15, -0.1) is 0 Å². The van der Waals surface area contributed by atoms with E-state index >= 15 is 0 Å². The first-order valence-corrected chi connectivity index (χ1v) is 12.6. The lowest BCUT2D eigenvalue weighted by atomic mass is 10.1. The quantitative estimate of drug-likeness (QED) is 0.111. The van der Waals surface area contributed by atoms with Crippen LogP contribution >= 0.6 is 11.8 Å². The van der Waals surface area contributed by atoms with Crippen molar-refractivity contribution >= 4 is 41.4 Å². The Balaban J connectivity index is 2.09. The highest BCUT2D eigenvalue weighted by atomic mass is 32.2. The molecule has 202 valence electrons. The van der Waals surface area contributed by atoms with Crippen LogP contribution in [0.3, 0.4) is 0 Å². The first-order valence-electron chi connectivity index (χ1n) is 11.2. The summed E-state index contributed by atoms with van der Waals surface area (Å²) in [7, 11) is 0. The Bertz CT molecular complexity index is 1050. The Labute approximate surface area is 216 Å². The molecule has 2 aromatic rings. The largest absolute Gasteiger partial charge is 0.480 e. The second-order valence-electron chi connectivity index (χ2n) is 8.14. The molecule has 2 aromatic heterocycles. The van der Waals surface area contributed by atoms with E-state index < -0.39 is 60.2 Å². The molecule has 0 aliphatic carbocycles. The molecule has 2 rings (SSSR count). The SMILES string of the molecule is CSCCC(NC(=O)C(N)Cc1cnc[nH]1)C(=O)NC(CC(N)=O)C(=O)NC(Cc1cnc[nH]1)C(=O)O. The molecule has 0 aliphatic rings. The smallest absolute Gasteiger partial charge is 0.326 e. The van der Waals surface area contributed by atoms with Crippen LogP contribution in [0.5, 0.6) is 0 Å². The molecule has 0 bridgehead atoms. The maximum Gasteiger partial charge on any atom is 0.326 e. The van der Waals surface area contributed by atoms with Gasteiger partial charge in [0, 0.05) is 36.6 Å². The molecule has 0 fully saturated rings. The first-order chi connectivity index (χ1) is 17.6. The van der Waals surface area contributed by atoms with Crippen molar-refractivity contribution in [2.45, 2.75) is 49.9 Å². The maximum atomic E-state index is 13.0. The number of hydrogen-bond donors (Lipinski definition) is 8. The number of carbonyl (C=O) groups excluding carboxylic acids is 4. The van der Waals surface area contributed by atoms with Crippen molar-refractivity contribution < 1.29 is 29.1 Å². The van der Waals surface area contributed by atoms with Gasteiger partial charge in [-0.2, -0.15) is 11.8 Å². The molecule has 0 spiro atoms. The average Bonchev–Trinajstić information content (AvgIpc) is 3.54. The van der Waals surface area contributed by atoms with Gasteiger partial charge in [-0.1, -0.05) is 0 Å². The van der Waals surface area contributed by atoms with Crippen LogP contribution in [0.4, 0.5) is 0 Å². The zero-order valence-electron chi connectivity index (χ0n) is 20.1. The van der Waals surface area contributed by atoms with E-state index in [1.807, 2.05) is 6.26 Å². The van der Waals surface area contributed by atoms with Crippen molar-refractivity contribution in [2.75, 3.05) is 12.0 Å². The normalized spacial score (nSPS) is 14.1. The minimum atomic E-state index is -1.47. The van der Waals surface area contributed by atoms with Gasteiger partial charge in [0.15, 0.2) is 0 Å². The van der Waals surface area contributed by atoms with Gasteiger partial charge in [0.2, 0.25) is 23.6 Å². The van der Waals surface area contributed by atoms with E-state index in [1.165, 1.54) is 36.8 Å². The van der Waals surface area contributed by atoms with Gasteiger partial charge in [0.1, 0.15) is 18.1 Å². The standard InChI is InChI=1S/C21H31N9O6S/c1-37-3-2-14(28-18(32)13(22)4-11-7-24-9-26-11)19(33)29-15(6-17(23)31)20(34)30-16(21(35)36)5-12-8-25-10-27-12/h7-10,13-16H,2-6,22H2,1H3,(H2,23,31)(H,24,26)(H,25,27)(H,28,32)(H,29,33)(H,30,34)(H,35,36). The fraction of sp³-hybridized carbons (Fsp3) is 0.476. The van der Waals surface area contributed by atoms with Crippen LogP contribution in [0, 0.1) is 0 Å². The molecule has 0 saturated heterocycles. The number of carboxylic acid groups (broad SMARTS) is 1. The number of carboxylic acids is 1. The summed E-state index contributed by atoms with van der Waals surface area (Å²) in [5.41, 5.74) is 12.3. The fourth-order valence-electron chi connectivity index (χ4n) is 3.28. The number of rotatable bonds is 16. The number of carbonyl (C=O) groups is 5. The molecule has 37 heavy (non-hydrogen) atoms. The predicted molar refractivity (Wildman–Crippen MR) is 133 cm³/mol. The van der Waals surface area contributed by atoms with Gasteiger partial charge >= 0.3 is 5.97 Å². The maximum absolute atomic E-state index is 13.0. The van der Waals surface area contributed by atoms with Gasteiger partial charge < -0.3 is 42.5 Å². The third kappa shape index (κ3) is 9.92. The van der Waals surface area contributed by atoms with Gasteiger partial charge in [-0.3, -0.25) is 19.2 Å². The van der Waals surface area contributed by atoms with Crippen LogP contribution in [0.15, 0.2) is 25.0 Å². The molecule has 4 atom stereocenters. The van der Waals surface area contributed by atoms with Crippen LogP contribution in [0.1, 0.15) is 24.2 Å². The van der Waals surface area contributed by atoms with E-state index in [-0.39, 0.29) is 19.3 Å². The van der Waals surface area contributed by atoms with E-state index in [1.54, 1.807) is 0 Å². The van der Waals surface area contributed by atoms with Crippen molar-refractivity contribution in [3.8, 4) is 0 Å². The molecule has 15 nitrogen and oxygen atoms in total. The summed E-state index contributed by atoms with van der Waals surface area (Å²) in [5.74, 6) is -4.01. The molecule has 4 unspecified atom stereocenters. The minimum absolute atomic E-state index is 0.112. The highest BCUT2D eigenvalue weighted by Gasteiger charge is 2.31. The van der Waals surface area contributed by atoms with E-state index in [4.69, 9.17) is 11.5 Å². The monoisotopic (exact) mass is 537 g/mol. The molecule has 0 saturated carbocycles. The number of aromatic amines is 2. The second kappa shape index (κ2) is 14.6. The number of primary amides is 1. The second-order valence-corrected chi connectivity index (χ2v) is 9.13. The van der Waals surface area contributed by atoms with Crippen molar-refractivity contribution in [3.63, 3.8) is 0 Å². The Morgan fingerprint density at radius 1 is 0.919 bits per heavy atom. The molecule has 10 N–H and O–H groups in total. The molecular weight excluding hydrogens is 506 g/mol. The Morgan fingerprint density at radius 2 is 1.46 bits per heavy atom. The summed E-state index contributed by atoms with van der Waals surface area (Å²) in [4.78, 5) is 75.0. The van der Waals surface area contributed by atoms with Crippen molar-refractivity contribution in [2.24, 2.45) is 11.5 Å². The fourth-order valence-corrected chi connectivity index (χ4v) is 3.75. The van der Waals surface area contributed by atoms with Crippen LogP contribution < -0.4 is 27.4 Å². The molecule has 0 aromatic carbocycles. The zero-order chi connectivity index (χ0) is 27.4. The zero-order valence-corrected chi connectivity index (χ0v) is 20.9. The lowest BCUT2D eigenvalue weighted by Gasteiger charge is -2.24. The number of nitrogens with two attached hydrogens (primary N) is 2. The van der Waals surface area contributed by atoms with E-state index in [0.717, 1.165) is 0 Å². The number of hydrogen-bond acceptors (Lipinski definition) is 9. The molecule has 4 amide bonds. The first kappa shape index (κ1) is 29.3. The van der Waals surface area contributed by atoms with Gasteiger partial charge in [0.25, 0.3) is 0 Å². The number of thioether (sulfide) groups is 1. The van der Waals surface area contributed by atoms with Crippen LogP contribution in [0.25, 0.3) is 0 Å². The summed E-state index contributed by atoms with van der Waals surface area (Å²) in [6, 6.07) is -4.89. The summed E-state index contributed by atoms with van der Waals surface area (Å²) in [6.45, 7) is 0. The van der Waals surface area contributed by atoms with Crippen LogP contribution in [-0.2, 0) is 36.8 Å². The molecule has 16 heteroatoms. The molecular formula is C21H31N9O6S. The Hall–Kier alpha value is -3.92.